The number of nitrogens with zero attached hydrogens (tertiary/aromatic N) is 2. The van der Waals surface area contributed by atoms with Gasteiger partial charge < -0.3 is 0 Å². The van der Waals surface area contributed by atoms with Crippen LogP contribution in [0.5, 0.6) is 0 Å². The van der Waals surface area contributed by atoms with Crippen LogP contribution in [0.25, 0.3) is 0 Å². The van der Waals surface area contributed by atoms with Crippen LogP contribution in [0.1, 0.15) is 24.6 Å². The third-order valence-electron chi connectivity index (χ3n) is 1.62. The molecule has 11 heavy (non-hydrogen) atoms. The molecule has 0 saturated heterocycles. The van der Waals surface area contributed by atoms with Gasteiger partial charge in [0, 0.05) is 12.0 Å². The van der Waals surface area contributed by atoms with E-state index in [4.69, 9.17) is 0 Å². The van der Waals surface area contributed by atoms with Crippen LogP contribution < -0.4 is 0 Å². The largest absolute Gasteiger partial charge is 0.226 e. The minimum atomic E-state index is 0.615. The molecule has 1 aliphatic rings. The molecule has 1 heterocycles. The Morgan fingerprint density at radius 1 is 1.18 bits per heavy atom. The van der Waals surface area contributed by atoms with E-state index in [0.29, 0.717) is 5.92 Å². The standard InChI is InChI=1S/C7H6Br2N2/c8-5-3-6(9)11-7(10-5)4-1-2-4/h3-4H,1-2H2. The monoisotopic (exact) mass is 276 g/mol. The van der Waals surface area contributed by atoms with Crippen molar-refractivity contribution in [2.75, 3.05) is 0 Å². The van der Waals surface area contributed by atoms with Crippen LogP contribution in [0, 0.1) is 0 Å². The van der Waals surface area contributed by atoms with Crippen molar-refractivity contribution in [2.45, 2.75) is 18.8 Å². The van der Waals surface area contributed by atoms with E-state index < -0.39 is 0 Å². The lowest BCUT2D eigenvalue weighted by Gasteiger charge is -1.97. The van der Waals surface area contributed by atoms with Gasteiger partial charge in [0.2, 0.25) is 0 Å². The van der Waals surface area contributed by atoms with Crippen molar-refractivity contribution in [3.63, 3.8) is 0 Å². The lowest BCUT2D eigenvalue weighted by Crippen LogP contribution is -1.92. The van der Waals surface area contributed by atoms with Crippen LogP contribution in [0.2, 0.25) is 0 Å². The molecular weight excluding hydrogens is 272 g/mol. The highest BCUT2D eigenvalue weighted by Gasteiger charge is 2.26. The number of hydrogen-bond donors (Lipinski definition) is 0. The molecule has 0 unspecified atom stereocenters. The molecule has 0 aromatic carbocycles. The normalized spacial score (nSPS) is 16.9. The lowest BCUT2D eigenvalue weighted by atomic mass is 10.4. The number of hydrogen-bond acceptors (Lipinski definition) is 2. The van der Waals surface area contributed by atoms with Crippen molar-refractivity contribution in [1.29, 1.82) is 0 Å². The van der Waals surface area contributed by atoms with Gasteiger partial charge in [-0.1, -0.05) is 0 Å². The average Bonchev–Trinajstić information content (AvgIpc) is 2.64. The fourth-order valence-corrected chi connectivity index (χ4v) is 2.04. The van der Waals surface area contributed by atoms with Crippen molar-refractivity contribution in [2.24, 2.45) is 0 Å². The summed E-state index contributed by atoms with van der Waals surface area (Å²) in [6.45, 7) is 0. The van der Waals surface area contributed by atoms with Crippen LogP contribution in [0.15, 0.2) is 15.3 Å². The topological polar surface area (TPSA) is 25.8 Å². The minimum Gasteiger partial charge on any atom is -0.226 e. The maximum Gasteiger partial charge on any atom is 0.134 e. The zero-order valence-corrected chi connectivity index (χ0v) is 8.89. The highest BCUT2D eigenvalue weighted by atomic mass is 79.9. The summed E-state index contributed by atoms with van der Waals surface area (Å²) in [7, 11) is 0. The van der Waals surface area contributed by atoms with Gasteiger partial charge in [-0.15, -0.1) is 0 Å². The quantitative estimate of drug-likeness (QED) is 0.738. The summed E-state index contributed by atoms with van der Waals surface area (Å²) in [4.78, 5) is 8.54. The zero-order valence-electron chi connectivity index (χ0n) is 5.72. The summed E-state index contributed by atoms with van der Waals surface area (Å²) in [5, 5.41) is 0. The first kappa shape index (κ1) is 7.68. The SMILES string of the molecule is Brc1cc(Br)nc(C2CC2)n1. The molecule has 1 aromatic rings. The molecule has 0 radical (unpaired) electrons. The molecule has 0 atom stereocenters. The van der Waals surface area contributed by atoms with Gasteiger partial charge in [0.25, 0.3) is 0 Å². The predicted molar refractivity (Wildman–Crippen MR) is 49.4 cm³/mol. The van der Waals surface area contributed by atoms with Gasteiger partial charge >= 0.3 is 0 Å². The number of aromatic nitrogens is 2. The zero-order chi connectivity index (χ0) is 7.84. The highest BCUT2D eigenvalue weighted by Crippen LogP contribution is 2.38. The van der Waals surface area contributed by atoms with Crippen molar-refractivity contribution in [3.8, 4) is 0 Å². The second-order valence-corrected chi connectivity index (χ2v) is 4.27. The maximum absolute atomic E-state index is 4.27. The first-order valence-corrected chi connectivity index (χ1v) is 5.04. The van der Waals surface area contributed by atoms with Crippen LogP contribution in [-0.4, -0.2) is 9.97 Å². The van der Waals surface area contributed by atoms with Crippen molar-refractivity contribution < 1.29 is 0 Å². The Morgan fingerprint density at radius 3 is 2.18 bits per heavy atom. The summed E-state index contributed by atoms with van der Waals surface area (Å²) in [6.07, 6.45) is 2.48. The second kappa shape index (κ2) is 2.83. The fraction of sp³-hybridized carbons (Fsp3) is 0.429. The first-order valence-electron chi connectivity index (χ1n) is 3.45. The summed E-state index contributed by atoms with van der Waals surface area (Å²) in [6, 6.07) is 1.85. The summed E-state index contributed by atoms with van der Waals surface area (Å²) < 4.78 is 1.72. The smallest absolute Gasteiger partial charge is 0.134 e. The van der Waals surface area contributed by atoms with E-state index in [2.05, 4.69) is 41.8 Å². The molecule has 0 aliphatic heterocycles. The Kier molecular flexibility index (Phi) is 1.97. The Morgan fingerprint density at radius 2 is 1.73 bits per heavy atom. The summed E-state index contributed by atoms with van der Waals surface area (Å²) in [5.74, 6) is 1.58. The maximum atomic E-state index is 4.27. The molecule has 0 bridgehead atoms. The molecule has 0 N–H and O–H groups in total. The van der Waals surface area contributed by atoms with Gasteiger partial charge in [-0.05, 0) is 44.7 Å². The van der Waals surface area contributed by atoms with Crippen molar-refractivity contribution >= 4 is 31.9 Å². The molecule has 1 saturated carbocycles. The van der Waals surface area contributed by atoms with E-state index in [9.17, 15) is 0 Å². The third kappa shape index (κ3) is 1.79. The number of halogens is 2. The van der Waals surface area contributed by atoms with Gasteiger partial charge in [0.15, 0.2) is 0 Å². The van der Waals surface area contributed by atoms with Gasteiger partial charge in [-0.25, -0.2) is 9.97 Å². The highest BCUT2D eigenvalue weighted by molar-refractivity contribution is 9.11. The summed E-state index contributed by atoms with van der Waals surface area (Å²) >= 11 is 6.66. The van der Waals surface area contributed by atoms with E-state index >= 15 is 0 Å². The molecule has 4 heteroatoms. The molecule has 1 aromatic heterocycles. The lowest BCUT2D eigenvalue weighted by molar-refractivity contribution is 0.904. The Hall–Kier alpha value is 0.0400. The Balaban J connectivity index is 2.39. The third-order valence-corrected chi connectivity index (χ3v) is 2.44. The van der Waals surface area contributed by atoms with Crippen molar-refractivity contribution in [1.82, 2.24) is 9.97 Å². The average molecular weight is 278 g/mol. The molecule has 0 amide bonds. The van der Waals surface area contributed by atoms with Crippen LogP contribution in [0.3, 0.4) is 0 Å². The van der Waals surface area contributed by atoms with E-state index in [0.717, 1.165) is 15.0 Å². The van der Waals surface area contributed by atoms with Crippen LogP contribution in [-0.2, 0) is 0 Å². The summed E-state index contributed by atoms with van der Waals surface area (Å²) in [5.41, 5.74) is 0. The van der Waals surface area contributed by atoms with Gasteiger partial charge in [0.1, 0.15) is 15.0 Å². The Bertz CT molecular complexity index is 264. The van der Waals surface area contributed by atoms with Gasteiger partial charge in [-0.3, -0.25) is 0 Å². The van der Waals surface area contributed by atoms with E-state index in [1.807, 2.05) is 6.07 Å². The van der Waals surface area contributed by atoms with E-state index in [1.165, 1.54) is 12.8 Å². The van der Waals surface area contributed by atoms with Gasteiger partial charge in [0.05, 0.1) is 0 Å². The van der Waals surface area contributed by atoms with Crippen LogP contribution >= 0.6 is 31.9 Å². The molecule has 1 fully saturated rings. The molecular formula is C7H6Br2N2. The molecule has 58 valence electrons. The molecule has 1 aliphatic carbocycles. The minimum absolute atomic E-state index is 0.615. The Labute approximate surface area is 81.7 Å². The molecule has 2 nitrogen and oxygen atoms in total. The first-order chi connectivity index (χ1) is 5.25. The molecule has 2 rings (SSSR count). The predicted octanol–water partition coefficient (Wildman–Crippen LogP) is 2.88. The molecule has 0 spiro atoms. The van der Waals surface area contributed by atoms with E-state index in [1.54, 1.807) is 0 Å². The van der Waals surface area contributed by atoms with E-state index in [-0.39, 0.29) is 0 Å². The second-order valence-electron chi connectivity index (χ2n) is 2.65. The fourth-order valence-electron chi connectivity index (χ4n) is 0.931. The van der Waals surface area contributed by atoms with Crippen molar-refractivity contribution in [3.05, 3.63) is 21.1 Å². The number of rotatable bonds is 1. The van der Waals surface area contributed by atoms with Crippen LogP contribution in [0.4, 0.5) is 0 Å². The van der Waals surface area contributed by atoms with Gasteiger partial charge in [-0.2, -0.15) is 0 Å².